The van der Waals surface area contributed by atoms with E-state index in [0.717, 1.165) is 62.8 Å². The number of nitrogens with one attached hydrogen (secondary N) is 5. The molecule has 0 unspecified atom stereocenters. The van der Waals surface area contributed by atoms with Crippen molar-refractivity contribution in [2.24, 2.45) is 19.9 Å². The lowest BCUT2D eigenvalue weighted by Gasteiger charge is -2.17. The number of hydrogen-bond acceptors (Lipinski definition) is 11. The van der Waals surface area contributed by atoms with Crippen LogP contribution in [0.3, 0.4) is 0 Å². The van der Waals surface area contributed by atoms with Crippen molar-refractivity contribution in [1.82, 2.24) is 45.1 Å². The molecule has 18 nitrogen and oxygen atoms in total. The summed E-state index contributed by atoms with van der Waals surface area (Å²) >= 11 is 0. The van der Waals surface area contributed by atoms with Gasteiger partial charge in [-0.15, -0.1) is 5.10 Å². The lowest BCUT2D eigenvalue weighted by Crippen LogP contribution is -2.38. The van der Waals surface area contributed by atoms with Crippen LogP contribution < -0.4 is 32.4 Å². The van der Waals surface area contributed by atoms with Crippen molar-refractivity contribution < 1.29 is 46.3 Å². The van der Waals surface area contributed by atoms with Crippen LogP contribution in [0.4, 0.5) is 28.9 Å². The Balaban J connectivity index is 0.978. The standard InChI is InChI=1S/C47H56F4N12O6/c1-26-38(28(3)60(5)40(26)44(66)56-30-14-16-34(48)36(50)20-30)42(64)46(68)54-22-32-25-63(59-58-32)19-13-11-9-8-10-12-18-53-23-33(62(7)52)24-55-47(69)43(65)39-27(2)41(61(6)29(39)4)45(67)57-31-15-17-35(49)37(51)21-31/h14-17,20-21,23,25,53H,8-13,18-19,22,24,52H2,1-7H3,(H,54,68)(H,55,69)(H,56,66)(H,57,67)/b33-23-. The van der Waals surface area contributed by atoms with Gasteiger partial charge < -0.3 is 40.7 Å². The molecular weight excluding hydrogens is 905 g/mol. The highest BCUT2D eigenvalue weighted by molar-refractivity contribution is 6.44. The van der Waals surface area contributed by atoms with Gasteiger partial charge in [0.05, 0.1) is 36.1 Å². The summed E-state index contributed by atoms with van der Waals surface area (Å²) in [6.07, 6.45) is 8.92. The minimum Gasteiger partial charge on any atom is -0.389 e. The SMILES string of the molecule is Cc1c(C(=O)C(=O)NC/C(=C/NCCCCCCCCn2cc(CNC(=O)C(=O)c3c(C)c(C(=O)Nc4ccc(F)c(F)c4)n(C)c3C)nn2)N(C)N)c(C)n(C)c1C(=O)Nc1ccc(F)c(F)c1. The second-order valence-corrected chi connectivity index (χ2v) is 16.5. The van der Waals surface area contributed by atoms with Crippen molar-refractivity contribution in [1.29, 1.82) is 0 Å². The zero-order valence-electron chi connectivity index (χ0n) is 39.4. The number of amides is 4. The van der Waals surface area contributed by atoms with Gasteiger partial charge in [0.2, 0.25) is 0 Å². The summed E-state index contributed by atoms with van der Waals surface area (Å²) in [5.41, 5.74) is 2.47. The first-order valence-electron chi connectivity index (χ1n) is 22.0. The summed E-state index contributed by atoms with van der Waals surface area (Å²) in [5, 5.41) is 22.8. The fourth-order valence-corrected chi connectivity index (χ4v) is 7.73. The zero-order valence-corrected chi connectivity index (χ0v) is 39.4. The van der Waals surface area contributed by atoms with Gasteiger partial charge in [-0.3, -0.25) is 33.4 Å². The van der Waals surface area contributed by atoms with Gasteiger partial charge in [-0.25, -0.2) is 23.4 Å². The van der Waals surface area contributed by atoms with Gasteiger partial charge in [-0.1, -0.05) is 30.9 Å². The van der Waals surface area contributed by atoms with E-state index in [9.17, 15) is 46.3 Å². The topological polar surface area (TPSA) is 232 Å². The Hall–Kier alpha value is -7.62. The smallest absolute Gasteiger partial charge is 0.292 e. The predicted octanol–water partition coefficient (Wildman–Crippen LogP) is 5.33. The van der Waals surface area contributed by atoms with Gasteiger partial charge >= 0.3 is 0 Å². The van der Waals surface area contributed by atoms with Crippen molar-refractivity contribution >= 4 is 46.6 Å². The van der Waals surface area contributed by atoms with E-state index in [0.29, 0.717) is 35.9 Å². The molecule has 0 fully saturated rings. The number of anilines is 2. The van der Waals surface area contributed by atoms with Crippen molar-refractivity contribution in [3.63, 3.8) is 0 Å². The van der Waals surface area contributed by atoms with Gasteiger partial charge in [0.25, 0.3) is 35.2 Å². The summed E-state index contributed by atoms with van der Waals surface area (Å²) in [5.74, 6) is -3.26. The van der Waals surface area contributed by atoms with Gasteiger partial charge in [-0.05, 0) is 75.9 Å². The van der Waals surface area contributed by atoms with Crippen LogP contribution in [0.25, 0.3) is 0 Å². The maximum Gasteiger partial charge on any atom is 0.292 e. The second kappa shape index (κ2) is 23.4. The van der Waals surface area contributed by atoms with Gasteiger partial charge in [0, 0.05) is 75.3 Å². The predicted molar refractivity (Wildman–Crippen MR) is 248 cm³/mol. The first-order chi connectivity index (χ1) is 32.7. The molecule has 368 valence electrons. The van der Waals surface area contributed by atoms with Crippen LogP contribution in [0.1, 0.15) is 108 Å². The van der Waals surface area contributed by atoms with E-state index in [1.54, 1.807) is 52.1 Å². The average Bonchev–Trinajstić information content (AvgIpc) is 3.92. The molecule has 3 aromatic heterocycles. The largest absolute Gasteiger partial charge is 0.389 e. The van der Waals surface area contributed by atoms with Gasteiger partial charge in [-0.2, -0.15) is 0 Å². The Labute approximate surface area is 395 Å². The number of rotatable bonds is 23. The average molecular weight is 961 g/mol. The molecule has 0 bridgehead atoms. The number of hydrogen-bond donors (Lipinski definition) is 6. The van der Waals surface area contributed by atoms with Crippen molar-refractivity contribution in [3.8, 4) is 0 Å². The van der Waals surface area contributed by atoms with Crippen LogP contribution in [-0.4, -0.2) is 84.5 Å². The molecule has 4 amide bonds. The lowest BCUT2D eigenvalue weighted by molar-refractivity contribution is -0.117. The van der Waals surface area contributed by atoms with E-state index in [1.165, 1.54) is 40.1 Å². The molecule has 22 heteroatoms. The van der Waals surface area contributed by atoms with Crippen molar-refractivity contribution in [3.05, 3.63) is 128 Å². The normalized spacial score (nSPS) is 11.3. The molecule has 0 saturated heterocycles. The second-order valence-electron chi connectivity index (χ2n) is 16.5. The molecule has 0 spiro atoms. The zero-order chi connectivity index (χ0) is 50.7. The third kappa shape index (κ3) is 12.9. The highest BCUT2D eigenvalue weighted by Crippen LogP contribution is 2.25. The minimum absolute atomic E-state index is 0.0178. The fourth-order valence-electron chi connectivity index (χ4n) is 7.73. The van der Waals surface area contributed by atoms with Crippen LogP contribution in [-0.2, 0) is 36.8 Å². The highest BCUT2D eigenvalue weighted by Gasteiger charge is 2.30. The summed E-state index contributed by atoms with van der Waals surface area (Å²) < 4.78 is 58.7. The van der Waals surface area contributed by atoms with E-state index < -0.39 is 58.5 Å². The molecular formula is C47H56F4N12O6. The Morgan fingerprint density at radius 1 is 0.681 bits per heavy atom. The van der Waals surface area contributed by atoms with Crippen LogP contribution in [0.5, 0.6) is 0 Å². The first kappa shape index (κ1) is 52.4. The van der Waals surface area contributed by atoms with E-state index in [1.807, 2.05) is 0 Å². The third-order valence-electron chi connectivity index (χ3n) is 11.6. The van der Waals surface area contributed by atoms with E-state index in [2.05, 4.69) is 36.9 Å². The number of nitrogens with two attached hydrogens (primary N) is 1. The number of likely N-dealkylation sites (N-methyl/N-ethyl adjacent to an activating group) is 1. The van der Waals surface area contributed by atoms with Crippen molar-refractivity contribution in [2.75, 3.05) is 30.8 Å². The highest BCUT2D eigenvalue weighted by atomic mass is 19.2. The maximum absolute atomic E-state index is 13.7. The maximum atomic E-state index is 13.7. The number of hydrazine groups is 1. The summed E-state index contributed by atoms with van der Waals surface area (Å²) in [6, 6.07) is 5.85. The number of unbranched alkanes of at least 4 members (excludes halogenated alkanes) is 5. The summed E-state index contributed by atoms with van der Waals surface area (Å²) in [6.45, 7) is 7.36. The Bertz CT molecular complexity index is 2790. The number of ketones is 2. The number of carbonyl (C=O) groups is 6. The molecule has 0 aliphatic heterocycles. The minimum atomic E-state index is -1.13. The molecule has 2 aromatic carbocycles. The monoisotopic (exact) mass is 960 g/mol. The molecule has 5 aromatic rings. The number of halogens is 4. The molecule has 7 N–H and O–H groups in total. The summed E-state index contributed by atoms with van der Waals surface area (Å²) in [7, 11) is 4.70. The molecule has 0 saturated carbocycles. The van der Waals surface area contributed by atoms with Crippen LogP contribution in [0, 0.1) is 51.0 Å². The van der Waals surface area contributed by atoms with Gasteiger partial charge in [0.15, 0.2) is 23.3 Å². The quantitative estimate of drug-likeness (QED) is 0.0122. The van der Waals surface area contributed by atoms with Gasteiger partial charge in [0.1, 0.15) is 17.1 Å². The lowest BCUT2D eigenvalue weighted by atomic mass is 10.0. The van der Waals surface area contributed by atoms with E-state index >= 15 is 0 Å². The number of nitrogens with zero attached hydrogens (tertiary/aromatic N) is 6. The Kier molecular flexibility index (Phi) is 17.8. The Morgan fingerprint density at radius 3 is 1.65 bits per heavy atom. The van der Waals surface area contributed by atoms with Crippen molar-refractivity contribution in [2.45, 2.75) is 79.3 Å². The van der Waals surface area contributed by atoms with Crippen LogP contribution in [0.15, 0.2) is 54.5 Å². The number of benzene rings is 2. The molecule has 0 atom stereocenters. The van der Waals surface area contributed by atoms with E-state index in [4.69, 9.17) is 5.84 Å². The number of aryl methyl sites for hydroxylation is 1. The number of Topliss-reactive ketones (excluding diaryl/α,β-unsaturated/α-hetero) is 2. The van der Waals surface area contributed by atoms with Crippen LogP contribution in [0.2, 0.25) is 0 Å². The van der Waals surface area contributed by atoms with Crippen LogP contribution >= 0.6 is 0 Å². The molecule has 69 heavy (non-hydrogen) atoms. The molecule has 0 aliphatic rings. The van der Waals surface area contributed by atoms with E-state index in [-0.39, 0.29) is 58.1 Å². The molecule has 0 aliphatic carbocycles. The first-order valence-corrected chi connectivity index (χ1v) is 22.0. The molecule has 3 heterocycles. The number of aromatic nitrogens is 5. The Morgan fingerprint density at radius 2 is 1.16 bits per heavy atom. The fraction of sp³-hybridized carbons (Fsp3) is 0.362. The number of carbonyl (C=O) groups excluding carboxylic acids is 6. The molecule has 5 rings (SSSR count). The third-order valence-corrected chi connectivity index (χ3v) is 11.6. The molecule has 0 radical (unpaired) electrons. The summed E-state index contributed by atoms with van der Waals surface area (Å²) in [4.78, 5) is 78.6.